The van der Waals surface area contributed by atoms with Crippen molar-refractivity contribution in [2.75, 3.05) is 19.7 Å². The highest BCUT2D eigenvalue weighted by Crippen LogP contribution is 2.35. The molecular formula is C27H30N2O3. The summed E-state index contributed by atoms with van der Waals surface area (Å²) in [6.07, 6.45) is 4.68. The Morgan fingerprint density at radius 1 is 1.19 bits per heavy atom. The Morgan fingerprint density at radius 2 is 1.97 bits per heavy atom. The fourth-order valence-electron chi connectivity index (χ4n) is 4.30. The average Bonchev–Trinajstić information content (AvgIpc) is 3.07. The third-order valence-electron chi connectivity index (χ3n) is 5.97. The van der Waals surface area contributed by atoms with Crippen LogP contribution in [0.2, 0.25) is 0 Å². The lowest BCUT2D eigenvalue weighted by Gasteiger charge is -2.27. The maximum Gasteiger partial charge on any atom is 0.338 e. The summed E-state index contributed by atoms with van der Waals surface area (Å²) in [5.74, 6) is -0.255. The second kappa shape index (κ2) is 9.53. The predicted molar refractivity (Wildman–Crippen MR) is 129 cm³/mol. The van der Waals surface area contributed by atoms with Crippen LogP contribution in [0.1, 0.15) is 54.6 Å². The van der Waals surface area contributed by atoms with Crippen molar-refractivity contribution in [1.29, 1.82) is 0 Å². The standard InChI is InChI=1S/C27H30N2O3/c1-4-10-29(11-5-12-30)19(3)24-13-18(2)28-26-16-21(6-8-22(26)14-24)20-7-9-23-17-32-27(31)25(23)15-20/h6-9,14-16,30H,3-5,10-13,17H2,1-2H3. The fourth-order valence-corrected chi connectivity index (χ4v) is 4.30. The minimum Gasteiger partial charge on any atom is -0.457 e. The quantitative estimate of drug-likeness (QED) is 0.561. The van der Waals surface area contributed by atoms with Gasteiger partial charge in [0.25, 0.3) is 0 Å². The number of esters is 1. The van der Waals surface area contributed by atoms with E-state index in [2.05, 4.69) is 42.7 Å². The van der Waals surface area contributed by atoms with E-state index in [1.54, 1.807) is 0 Å². The molecule has 0 unspecified atom stereocenters. The summed E-state index contributed by atoms with van der Waals surface area (Å²) in [7, 11) is 0. The summed E-state index contributed by atoms with van der Waals surface area (Å²) in [6.45, 7) is 10.8. The maximum atomic E-state index is 12.0. The summed E-state index contributed by atoms with van der Waals surface area (Å²) in [4.78, 5) is 19.1. The fraction of sp³-hybridized carbons (Fsp3) is 0.333. The Labute approximate surface area is 189 Å². The number of ether oxygens (including phenoxy) is 1. The molecule has 0 saturated carbocycles. The highest BCUT2D eigenvalue weighted by molar-refractivity contribution is 5.95. The minimum absolute atomic E-state index is 0.180. The Balaban J connectivity index is 1.66. The number of aliphatic hydroxyl groups excluding tert-OH is 1. The molecule has 0 spiro atoms. The number of cyclic esters (lactones) is 1. The smallest absolute Gasteiger partial charge is 0.338 e. The summed E-state index contributed by atoms with van der Waals surface area (Å²) in [6, 6.07) is 12.1. The van der Waals surface area contributed by atoms with E-state index >= 15 is 0 Å². The van der Waals surface area contributed by atoms with Gasteiger partial charge in [-0.25, -0.2) is 4.79 Å². The van der Waals surface area contributed by atoms with E-state index in [4.69, 9.17) is 9.73 Å². The molecule has 5 nitrogen and oxygen atoms in total. The van der Waals surface area contributed by atoms with Crippen LogP contribution in [-0.2, 0) is 11.3 Å². The minimum atomic E-state index is -0.255. The van der Waals surface area contributed by atoms with Gasteiger partial charge >= 0.3 is 5.97 Å². The molecule has 0 fully saturated rings. The van der Waals surface area contributed by atoms with E-state index in [0.29, 0.717) is 12.2 Å². The molecular weight excluding hydrogens is 400 g/mol. The van der Waals surface area contributed by atoms with Gasteiger partial charge in [0.2, 0.25) is 0 Å². The Kier molecular flexibility index (Phi) is 6.56. The lowest BCUT2D eigenvalue weighted by molar-refractivity contribution is 0.0535. The predicted octanol–water partition coefficient (Wildman–Crippen LogP) is 5.51. The molecule has 0 saturated heterocycles. The summed E-state index contributed by atoms with van der Waals surface area (Å²) < 4.78 is 5.14. The van der Waals surface area contributed by atoms with Crippen LogP contribution in [0.4, 0.5) is 5.69 Å². The topological polar surface area (TPSA) is 62.1 Å². The highest BCUT2D eigenvalue weighted by atomic mass is 16.5. The van der Waals surface area contributed by atoms with E-state index in [9.17, 15) is 9.90 Å². The van der Waals surface area contributed by atoms with Crippen LogP contribution in [-0.4, -0.2) is 41.4 Å². The molecule has 0 bridgehead atoms. The van der Waals surface area contributed by atoms with Gasteiger partial charge in [-0.3, -0.25) is 4.99 Å². The molecule has 0 aromatic heterocycles. The number of fused-ring (bicyclic) bond motifs is 2. The van der Waals surface area contributed by atoms with Crippen molar-refractivity contribution in [3.05, 3.63) is 70.9 Å². The molecule has 2 aliphatic rings. The van der Waals surface area contributed by atoms with Crippen LogP contribution in [0.3, 0.4) is 0 Å². The number of aliphatic imine (C=N–C) groups is 1. The van der Waals surface area contributed by atoms with Crippen LogP contribution >= 0.6 is 0 Å². The van der Waals surface area contributed by atoms with Crippen LogP contribution in [0.25, 0.3) is 17.2 Å². The molecule has 0 aliphatic carbocycles. The van der Waals surface area contributed by atoms with E-state index in [1.807, 2.05) is 25.1 Å². The van der Waals surface area contributed by atoms with E-state index in [-0.39, 0.29) is 12.6 Å². The average molecular weight is 431 g/mol. The van der Waals surface area contributed by atoms with Crippen molar-refractivity contribution < 1.29 is 14.6 Å². The van der Waals surface area contributed by atoms with Gasteiger partial charge in [-0.1, -0.05) is 37.8 Å². The first kappa shape index (κ1) is 22.0. The molecule has 2 heterocycles. The molecule has 0 atom stereocenters. The first-order valence-corrected chi connectivity index (χ1v) is 11.2. The van der Waals surface area contributed by atoms with Gasteiger partial charge < -0.3 is 14.7 Å². The number of carbonyl (C=O) groups is 1. The molecule has 2 aromatic carbocycles. The number of rotatable bonds is 8. The maximum absolute atomic E-state index is 12.0. The third-order valence-corrected chi connectivity index (χ3v) is 5.97. The normalized spacial score (nSPS) is 14.7. The first-order chi connectivity index (χ1) is 15.5. The van der Waals surface area contributed by atoms with Gasteiger partial charge in [-0.05, 0) is 54.7 Å². The van der Waals surface area contributed by atoms with Crippen LogP contribution in [0, 0.1) is 0 Å². The molecule has 5 heteroatoms. The zero-order valence-corrected chi connectivity index (χ0v) is 18.9. The lowest BCUT2D eigenvalue weighted by atomic mass is 9.97. The Morgan fingerprint density at radius 3 is 2.75 bits per heavy atom. The third kappa shape index (κ3) is 4.53. The van der Waals surface area contributed by atoms with Gasteiger partial charge in [0.1, 0.15) is 6.61 Å². The van der Waals surface area contributed by atoms with Gasteiger partial charge in [0.05, 0.1) is 11.3 Å². The summed E-state index contributed by atoms with van der Waals surface area (Å²) >= 11 is 0. The number of aliphatic hydroxyl groups is 1. The molecule has 2 aromatic rings. The number of carbonyl (C=O) groups excluding carboxylic acids is 1. The van der Waals surface area contributed by atoms with Gasteiger partial charge in [0, 0.05) is 48.7 Å². The largest absolute Gasteiger partial charge is 0.457 e. The molecule has 166 valence electrons. The van der Waals surface area contributed by atoms with Crippen molar-refractivity contribution in [2.24, 2.45) is 4.99 Å². The first-order valence-electron chi connectivity index (χ1n) is 11.2. The summed E-state index contributed by atoms with van der Waals surface area (Å²) in [5.41, 5.74) is 8.76. The second-order valence-electron chi connectivity index (χ2n) is 8.43. The Bertz CT molecular complexity index is 1110. The molecule has 4 rings (SSSR count). The lowest BCUT2D eigenvalue weighted by Crippen LogP contribution is -2.26. The van der Waals surface area contributed by atoms with Crippen LogP contribution in [0.15, 0.2) is 59.2 Å². The van der Waals surface area contributed by atoms with Crippen molar-refractivity contribution in [3.63, 3.8) is 0 Å². The second-order valence-corrected chi connectivity index (χ2v) is 8.43. The van der Waals surface area contributed by atoms with E-state index in [0.717, 1.165) is 77.3 Å². The Hall–Kier alpha value is -3.18. The molecule has 0 radical (unpaired) electrons. The number of hydrogen-bond donors (Lipinski definition) is 1. The van der Waals surface area contributed by atoms with Crippen LogP contribution < -0.4 is 0 Å². The summed E-state index contributed by atoms with van der Waals surface area (Å²) in [5, 5.41) is 9.26. The van der Waals surface area contributed by atoms with Gasteiger partial charge in [0.15, 0.2) is 0 Å². The number of allylic oxidation sites excluding steroid dienone is 1. The zero-order chi connectivity index (χ0) is 22.7. The monoisotopic (exact) mass is 430 g/mol. The molecule has 32 heavy (non-hydrogen) atoms. The van der Waals surface area contributed by atoms with Gasteiger partial charge in [-0.15, -0.1) is 0 Å². The van der Waals surface area contributed by atoms with E-state index in [1.165, 1.54) is 0 Å². The van der Waals surface area contributed by atoms with Crippen molar-refractivity contribution in [1.82, 2.24) is 4.90 Å². The van der Waals surface area contributed by atoms with Crippen molar-refractivity contribution in [2.45, 2.75) is 39.7 Å². The number of benzene rings is 2. The molecule has 0 amide bonds. The van der Waals surface area contributed by atoms with Crippen molar-refractivity contribution >= 4 is 23.4 Å². The zero-order valence-electron chi connectivity index (χ0n) is 18.9. The van der Waals surface area contributed by atoms with E-state index < -0.39 is 0 Å². The number of nitrogens with zero attached hydrogens (tertiary/aromatic N) is 2. The van der Waals surface area contributed by atoms with Crippen molar-refractivity contribution in [3.8, 4) is 11.1 Å². The SMILES string of the molecule is C=C(C1=Cc2ccc(-c3ccc4c(c3)C(=O)OC4)cc2N=C(C)C1)N(CCC)CCCO. The highest BCUT2D eigenvalue weighted by Gasteiger charge is 2.22. The number of hydrogen-bond acceptors (Lipinski definition) is 5. The molecule has 2 aliphatic heterocycles. The molecule has 1 N–H and O–H groups in total. The van der Waals surface area contributed by atoms with Crippen LogP contribution in [0.5, 0.6) is 0 Å². The van der Waals surface area contributed by atoms with Gasteiger partial charge in [-0.2, -0.15) is 0 Å².